The molecule has 0 aliphatic heterocycles. The molecule has 1 aromatic carbocycles. The maximum atomic E-state index is 13.4. The van der Waals surface area contributed by atoms with E-state index in [1.54, 1.807) is 7.11 Å². The summed E-state index contributed by atoms with van der Waals surface area (Å²) >= 11 is 5.60. The van der Waals surface area contributed by atoms with Crippen LogP contribution in [-0.4, -0.2) is 39.3 Å². The summed E-state index contributed by atoms with van der Waals surface area (Å²) in [5.41, 5.74) is -0.00343. The minimum Gasteiger partial charge on any atom is -0.383 e. The average Bonchev–Trinajstić information content (AvgIpc) is 2.33. The molecule has 108 valence electrons. The van der Waals surface area contributed by atoms with E-state index in [1.807, 2.05) is 0 Å². The maximum absolute atomic E-state index is 13.4. The van der Waals surface area contributed by atoms with E-state index in [4.69, 9.17) is 16.3 Å². The van der Waals surface area contributed by atoms with Gasteiger partial charge in [0.2, 0.25) is 0 Å². The molecule has 7 heteroatoms. The zero-order valence-electron chi connectivity index (χ0n) is 10.5. The Morgan fingerprint density at radius 1 is 1.37 bits per heavy atom. The molecule has 0 atom stereocenters. The minimum atomic E-state index is -0.618. The van der Waals surface area contributed by atoms with E-state index >= 15 is 0 Å². The normalized spacial score (nSPS) is 9.84. The highest BCUT2D eigenvalue weighted by atomic mass is 35.5. The van der Waals surface area contributed by atoms with Crippen molar-refractivity contribution in [3.8, 4) is 0 Å². The molecule has 2 N–H and O–H groups in total. The SMILES string of the molecule is COCCNCCNC(=O)c1ccc(Cl)cc1F.Cl. The lowest BCUT2D eigenvalue weighted by Gasteiger charge is -2.07. The highest BCUT2D eigenvalue weighted by Gasteiger charge is 2.10. The van der Waals surface area contributed by atoms with Crippen LogP contribution in [0, 0.1) is 5.82 Å². The Labute approximate surface area is 123 Å². The van der Waals surface area contributed by atoms with Gasteiger partial charge in [-0.3, -0.25) is 4.79 Å². The van der Waals surface area contributed by atoms with Gasteiger partial charge in [-0.2, -0.15) is 0 Å². The van der Waals surface area contributed by atoms with Crippen molar-refractivity contribution < 1.29 is 13.9 Å². The van der Waals surface area contributed by atoms with Crippen molar-refractivity contribution in [3.63, 3.8) is 0 Å². The van der Waals surface area contributed by atoms with Crippen LogP contribution in [0.15, 0.2) is 18.2 Å². The van der Waals surface area contributed by atoms with Crippen LogP contribution in [0.5, 0.6) is 0 Å². The van der Waals surface area contributed by atoms with Crippen LogP contribution in [-0.2, 0) is 4.74 Å². The number of rotatable bonds is 7. The molecular weight excluding hydrogens is 294 g/mol. The Bertz CT molecular complexity index is 405. The lowest BCUT2D eigenvalue weighted by Crippen LogP contribution is -2.33. The molecule has 4 nitrogen and oxygen atoms in total. The van der Waals surface area contributed by atoms with Crippen LogP contribution >= 0.6 is 24.0 Å². The summed E-state index contributed by atoms with van der Waals surface area (Å²) in [7, 11) is 1.62. The van der Waals surface area contributed by atoms with Crippen LogP contribution < -0.4 is 10.6 Å². The molecule has 0 aromatic heterocycles. The molecule has 0 aliphatic carbocycles. The fourth-order valence-corrected chi connectivity index (χ4v) is 1.49. The molecule has 1 aromatic rings. The second-order valence-corrected chi connectivity index (χ2v) is 4.06. The van der Waals surface area contributed by atoms with Crippen molar-refractivity contribution in [1.29, 1.82) is 0 Å². The summed E-state index contributed by atoms with van der Waals surface area (Å²) < 4.78 is 18.3. The summed E-state index contributed by atoms with van der Waals surface area (Å²) in [6.07, 6.45) is 0. The molecule has 0 aliphatic rings. The van der Waals surface area contributed by atoms with Crippen LogP contribution in [0.2, 0.25) is 5.02 Å². The second kappa shape index (κ2) is 9.97. The summed E-state index contributed by atoms with van der Waals surface area (Å²) in [5, 5.41) is 5.94. The fourth-order valence-electron chi connectivity index (χ4n) is 1.33. The van der Waals surface area contributed by atoms with Crippen LogP contribution in [0.1, 0.15) is 10.4 Å². The van der Waals surface area contributed by atoms with Gasteiger partial charge in [0, 0.05) is 31.8 Å². The molecule has 0 radical (unpaired) electrons. The number of methoxy groups -OCH3 is 1. The molecular formula is C12H17Cl2FN2O2. The monoisotopic (exact) mass is 310 g/mol. The van der Waals surface area contributed by atoms with Crippen molar-refractivity contribution in [1.82, 2.24) is 10.6 Å². The zero-order chi connectivity index (χ0) is 13.4. The van der Waals surface area contributed by atoms with E-state index in [1.165, 1.54) is 12.1 Å². The third kappa shape index (κ3) is 6.73. The highest BCUT2D eigenvalue weighted by Crippen LogP contribution is 2.14. The molecule has 0 saturated heterocycles. The molecule has 0 bridgehead atoms. The standard InChI is InChI=1S/C12H16ClFN2O2.ClH/c1-18-7-6-15-4-5-16-12(17)10-3-2-9(13)8-11(10)14;/h2-3,8,15H,4-7H2,1H3,(H,16,17);1H. The number of carbonyl (C=O) groups is 1. The van der Waals surface area contributed by atoms with Crippen molar-refractivity contribution in [2.45, 2.75) is 0 Å². The van der Waals surface area contributed by atoms with E-state index in [0.717, 1.165) is 6.07 Å². The third-order valence-corrected chi connectivity index (χ3v) is 2.48. The van der Waals surface area contributed by atoms with Crippen molar-refractivity contribution in [2.24, 2.45) is 0 Å². The van der Waals surface area contributed by atoms with Crippen molar-refractivity contribution in [2.75, 3.05) is 33.4 Å². The summed E-state index contributed by atoms with van der Waals surface area (Å²) in [5.74, 6) is -1.06. The Kier molecular flexibility index (Phi) is 9.51. The predicted octanol–water partition coefficient (Wildman–Crippen LogP) is 1.87. The van der Waals surface area contributed by atoms with E-state index in [-0.39, 0.29) is 23.0 Å². The fraction of sp³-hybridized carbons (Fsp3) is 0.417. The van der Waals surface area contributed by atoms with Gasteiger partial charge in [0.25, 0.3) is 5.91 Å². The Morgan fingerprint density at radius 3 is 2.74 bits per heavy atom. The van der Waals surface area contributed by atoms with Gasteiger partial charge < -0.3 is 15.4 Å². The Hall–Kier alpha value is -0.880. The van der Waals surface area contributed by atoms with E-state index in [9.17, 15) is 9.18 Å². The number of ether oxygens (including phenoxy) is 1. The Balaban J connectivity index is 0.00000324. The largest absolute Gasteiger partial charge is 0.383 e. The first kappa shape index (κ1) is 18.1. The quantitative estimate of drug-likeness (QED) is 0.756. The van der Waals surface area contributed by atoms with E-state index in [2.05, 4.69) is 10.6 Å². The highest BCUT2D eigenvalue weighted by molar-refractivity contribution is 6.30. The van der Waals surface area contributed by atoms with Gasteiger partial charge in [0.05, 0.1) is 12.2 Å². The van der Waals surface area contributed by atoms with Crippen LogP contribution in [0.25, 0.3) is 0 Å². The number of amides is 1. The topological polar surface area (TPSA) is 50.4 Å². The van der Waals surface area contributed by atoms with Gasteiger partial charge in [-0.25, -0.2) is 4.39 Å². The molecule has 0 spiro atoms. The van der Waals surface area contributed by atoms with Gasteiger partial charge in [-0.05, 0) is 18.2 Å². The zero-order valence-corrected chi connectivity index (χ0v) is 12.1. The molecule has 0 heterocycles. The molecule has 1 amide bonds. The van der Waals surface area contributed by atoms with Gasteiger partial charge in [-0.15, -0.1) is 12.4 Å². The van der Waals surface area contributed by atoms with Gasteiger partial charge in [0.15, 0.2) is 0 Å². The average molecular weight is 311 g/mol. The number of hydrogen-bond acceptors (Lipinski definition) is 3. The van der Waals surface area contributed by atoms with E-state index < -0.39 is 11.7 Å². The number of carbonyl (C=O) groups excluding carboxylic acids is 1. The number of halogens is 3. The first-order valence-corrected chi connectivity index (χ1v) is 5.96. The van der Waals surface area contributed by atoms with Crippen LogP contribution in [0.3, 0.4) is 0 Å². The summed E-state index contributed by atoms with van der Waals surface area (Å²) in [6.45, 7) is 2.34. The molecule has 0 saturated carbocycles. The van der Waals surface area contributed by atoms with Gasteiger partial charge >= 0.3 is 0 Å². The van der Waals surface area contributed by atoms with Crippen LogP contribution in [0.4, 0.5) is 4.39 Å². The molecule has 0 fully saturated rings. The third-order valence-electron chi connectivity index (χ3n) is 2.25. The van der Waals surface area contributed by atoms with Gasteiger partial charge in [0.1, 0.15) is 5.82 Å². The predicted molar refractivity (Wildman–Crippen MR) is 75.7 cm³/mol. The number of benzene rings is 1. The van der Waals surface area contributed by atoms with Crippen molar-refractivity contribution >= 4 is 29.9 Å². The Morgan fingerprint density at radius 2 is 2.11 bits per heavy atom. The molecule has 19 heavy (non-hydrogen) atoms. The summed E-state index contributed by atoms with van der Waals surface area (Å²) in [4.78, 5) is 11.6. The lowest BCUT2D eigenvalue weighted by atomic mass is 10.2. The number of hydrogen-bond donors (Lipinski definition) is 2. The van der Waals surface area contributed by atoms with Crippen molar-refractivity contribution in [3.05, 3.63) is 34.6 Å². The maximum Gasteiger partial charge on any atom is 0.254 e. The smallest absolute Gasteiger partial charge is 0.254 e. The molecule has 1 rings (SSSR count). The van der Waals surface area contributed by atoms with E-state index in [0.29, 0.717) is 26.2 Å². The lowest BCUT2D eigenvalue weighted by molar-refractivity contribution is 0.0949. The van der Waals surface area contributed by atoms with Gasteiger partial charge in [-0.1, -0.05) is 11.6 Å². The molecule has 0 unspecified atom stereocenters. The summed E-state index contributed by atoms with van der Waals surface area (Å²) in [6, 6.07) is 3.97. The number of nitrogens with one attached hydrogen (secondary N) is 2. The first-order valence-electron chi connectivity index (χ1n) is 5.58. The first-order chi connectivity index (χ1) is 8.65. The second-order valence-electron chi connectivity index (χ2n) is 3.62. The minimum absolute atomic E-state index is 0.